The van der Waals surface area contributed by atoms with Crippen molar-refractivity contribution in [2.45, 2.75) is 109 Å². The SMILES string of the molecule is CCCCOC[C@]1(CC(F)(F)P(=O)(OCC)OCC)O[C@@H]2OC(C)(C)O[C@H]2C1OCCCC. The Labute approximate surface area is 196 Å². The lowest BCUT2D eigenvalue weighted by molar-refractivity contribution is -0.262. The van der Waals surface area contributed by atoms with Gasteiger partial charge in [-0.25, -0.2) is 0 Å². The second-order valence-corrected chi connectivity index (χ2v) is 11.0. The highest BCUT2D eigenvalue weighted by Gasteiger charge is 2.68. The van der Waals surface area contributed by atoms with Gasteiger partial charge in [0.2, 0.25) is 0 Å². The maximum absolute atomic E-state index is 15.6. The lowest BCUT2D eigenvalue weighted by atomic mass is 9.92. The number of alkyl halides is 2. The highest BCUT2D eigenvalue weighted by molar-refractivity contribution is 7.55. The number of rotatable bonds is 16. The molecule has 2 heterocycles. The van der Waals surface area contributed by atoms with E-state index in [9.17, 15) is 4.57 Å². The van der Waals surface area contributed by atoms with Gasteiger partial charge in [0.1, 0.15) is 17.8 Å². The molecule has 0 radical (unpaired) electrons. The van der Waals surface area contributed by atoms with Crippen molar-refractivity contribution in [2.75, 3.05) is 33.0 Å². The zero-order valence-corrected chi connectivity index (χ0v) is 21.7. The molecule has 0 aliphatic carbocycles. The molecule has 0 aromatic carbocycles. The molecule has 0 saturated carbocycles. The quantitative estimate of drug-likeness (QED) is 0.203. The summed E-state index contributed by atoms with van der Waals surface area (Å²) in [5.74, 6) is -0.953. The third-order valence-corrected chi connectivity index (χ3v) is 7.71. The zero-order valence-electron chi connectivity index (χ0n) is 20.8. The van der Waals surface area contributed by atoms with Crippen LogP contribution in [-0.4, -0.2) is 68.6 Å². The van der Waals surface area contributed by atoms with E-state index < -0.39 is 49.6 Å². The van der Waals surface area contributed by atoms with Crippen LogP contribution in [0.2, 0.25) is 0 Å². The Morgan fingerprint density at radius 3 is 2.12 bits per heavy atom. The van der Waals surface area contributed by atoms with Crippen molar-refractivity contribution in [2.24, 2.45) is 0 Å². The number of halogens is 2. The van der Waals surface area contributed by atoms with Gasteiger partial charge in [-0.2, -0.15) is 8.78 Å². The van der Waals surface area contributed by atoms with Gasteiger partial charge < -0.3 is 32.7 Å². The minimum atomic E-state index is -4.78. The molecule has 1 unspecified atom stereocenters. The monoisotopic (exact) mass is 502 g/mol. The van der Waals surface area contributed by atoms with Gasteiger partial charge in [0.25, 0.3) is 0 Å². The van der Waals surface area contributed by atoms with Crippen LogP contribution in [0.3, 0.4) is 0 Å². The molecule has 0 N–H and O–H groups in total. The largest absolute Gasteiger partial charge is 0.399 e. The maximum Gasteiger partial charge on any atom is 0.399 e. The van der Waals surface area contributed by atoms with E-state index in [-0.39, 0.29) is 19.8 Å². The number of unbranched alkanes of at least 4 members (excludes halogenated alkanes) is 2. The number of hydrogen-bond donors (Lipinski definition) is 0. The number of ether oxygens (including phenoxy) is 5. The smallest absolute Gasteiger partial charge is 0.378 e. The molecule has 2 aliphatic heterocycles. The molecule has 0 aromatic rings. The molecule has 4 atom stereocenters. The average molecular weight is 503 g/mol. The first-order valence-electron chi connectivity index (χ1n) is 12.0. The predicted octanol–water partition coefficient (Wildman–Crippen LogP) is 5.48. The summed E-state index contributed by atoms with van der Waals surface area (Å²) in [5.41, 5.74) is -5.52. The van der Waals surface area contributed by atoms with E-state index in [2.05, 4.69) is 0 Å². The molecule has 0 amide bonds. The molecule has 0 aromatic heterocycles. The van der Waals surface area contributed by atoms with Crippen molar-refractivity contribution in [3.05, 3.63) is 0 Å². The summed E-state index contributed by atoms with van der Waals surface area (Å²) in [5, 5.41) is 0. The Bertz CT molecular complexity index is 640. The van der Waals surface area contributed by atoms with E-state index in [0.717, 1.165) is 25.7 Å². The lowest BCUT2D eigenvalue weighted by Gasteiger charge is -2.39. The van der Waals surface area contributed by atoms with Gasteiger partial charge in [-0.15, -0.1) is 0 Å². The first kappa shape index (κ1) is 29.0. The van der Waals surface area contributed by atoms with Crippen molar-refractivity contribution in [1.29, 1.82) is 0 Å². The van der Waals surface area contributed by atoms with Crippen molar-refractivity contribution >= 4 is 7.60 Å². The molecule has 2 fully saturated rings. The molecule has 33 heavy (non-hydrogen) atoms. The summed E-state index contributed by atoms with van der Waals surface area (Å²) in [6.45, 7) is 10.6. The van der Waals surface area contributed by atoms with Crippen molar-refractivity contribution in [3.63, 3.8) is 0 Å². The van der Waals surface area contributed by atoms with Crippen molar-refractivity contribution in [3.8, 4) is 0 Å². The maximum atomic E-state index is 15.6. The van der Waals surface area contributed by atoms with Crippen LogP contribution in [0, 0.1) is 0 Å². The van der Waals surface area contributed by atoms with Gasteiger partial charge >= 0.3 is 13.3 Å². The van der Waals surface area contributed by atoms with Crippen LogP contribution in [0.4, 0.5) is 8.78 Å². The second-order valence-electron chi connectivity index (χ2n) is 8.88. The summed E-state index contributed by atoms with van der Waals surface area (Å²) >= 11 is 0. The first-order chi connectivity index (χ1) is 15.5. The predicted molar refractivity (Wildman–Crippen MR) is 118 cm³/mol. The van der Waals surface area contributed by atoms with Crippen molar-refractivity contribution in [1.82, 2.24) is 0 Å². The molecule has 8 nitrogen and oxygen atoms in total. The number of hydrogen-bond acceptors (Lipinski definition) is 8. The first-order valence-corrected chi connectivity index (χ1v) is 13.5. The molecule has 0 bridgehead atoms. The Balaban J connectivity index is 2.40. The third kappa shape index (κ3) is 6.94. The van der Waals surface area contributed by atoms with Gasteiger partial charge in [0, 0.05) is 13.2 Å². The van der Waals surface area contributed by atoms with Crippen LogP contribution in [0.15, 0.2) is 0 Å². The fraction of sp³-hybridized carbons (Fsp3) is 1.00. The van der Waals surface area contributed by atoms with Crippen LogP contribution in [0.5, 0.6) is 0 Å². The molecular weight excluding hydrogens is 461 g/mol. The van der Waals surface area contributed by atoms with Gasteiger partial charge in [0.15, 0.2) is 12.1 Å². The Kier molecular flexibility index (Phi) is 10.7. The zero-order chi connectivity index (χ0) is 24.8. The lowest BCUT2D eigenvalue weighted by Crippen LogP contribution is -2.53. The Hall–Kier alpha value is -0.190. The number of fused-ring (bicyclic) bond motifs is 1. The van der Waals surface area contributed by atoms with E-state index >= 15 is 8.78 Å². The minimum absolute atomic E-state index is 0.185. The van der Waals surface area contributed by atoms with Crippen LogP contribution < -0.4 is 0 Å². The van der Waals surface area contributed by atoms with E-state index in [1.54, 1.807) is 13.8 Å². The fourth-order valence-electron chi connectivity index (χ4n) is 4.08. The summed E-state index contributed by atoms with van der Waals surface area (Å²) in [6, 6.07) is 0. The molecule has 196 valence electrons. The highest BCUT2D eigenvalue weighted by Crippen LogP contribution is 2.65. The summed E-state index contributed by atoms with van der Waals surface area (Å²) in [7, 11) is -4.78. The molecule has 2 rings (SSSR count). The summed E-state index contributed by atoms with van der Waals surface area (Å²) in [4.78, 5) is 0. The van der Waals surface area contributed by atoms with Crippen LogP contribution >= 0.6 is 7.60 Å². The summed E-state index contributed by atoms with van der Waals surface area (Å²) < 4.78 is 84.1. The molecular formula is C22H41F2O8P. The van der Waals surface area contributed by atoms with E-state index in [4.69, 9.17) is 32.7 Å². The molecule has 0 spiro atoms. The third-order valence-electron chi connectivity index (χ3n) is 5.55. The van der Waals surface area contributed by atoms with Crippen LogP contribution in [0.25, 0.3) is 0 Å². The van der Waals surface area contributed by atoms with E-state index in [1.165, 1.54) is 13.8 Å². The molecule has 11 heteroatoms. The fourth-order valence-corrected chi connectivity index (χ4v) is 5.67. The van der Waals surface area contributed by atoms with Gasteiger partial charge in [-0.05, 0) is 40.5 Å². The van der Waals surface area contributed by atoms with E-state index in [0.29, 0.717) is 13.2 Å². The standard InChI is InChI=1S/C22H41F2O8P/c1-7-11-13-26-16-21(15-22(23,24)33(25,28-9-3)29-10-4)18(27-14-12-8-2)17-19(32-21)31-20(5,6)30-17/h17-19H,7-16H2,1-6H3/t17-,18?,19-,21-/m0/s1. The van der Waals surface area contributed by atoms with Crippen LogP contribution in [0.1, 0.15) is 73.6 Å². The normalized spacial score (nSPS) is 29.5. The topological polar surface area (TPSA) is 81.7 Å². The Morgan fingerprint density at radius 1 is 0.939 bits per heavy atom. The minimum Gasteiger partial charge on any atom is -0.378 e. The van der Waals surface area contributed by atoms with Crippen LogP contribution in [-0.2, 0) is 37.3 Å². The van der Waals surface area contributed by atoms with Gasteiger partial charge in [0.05, 0.1) is 26.2 Å². The van der Waals surface area contributed by atoms with E-state index in [1.807, 2.05) is 13.8 Å². The average Bonchev–Trinajstić information content (AvgIpc) is 3.14. The molecule has 2 aliphatic rings. The molecule has 2 saturated heterocycles. The van der Waals surface area contributed by atoms with Gasteiger partial charge in [-0.1, -0.05) is 26.7 Å². The van der Waals surface area contributed by atoms with Gasteiger partial charge in [-0.3, -0.25) is 4.57 Å². The second kappa shape index (κ2) is 12.2. The Morgan fingerprint density at radius 2 is 1.55 bits per heavy atom. The van der Waals surface area contributed by atoms with Crippen molar-refractivity contribution < 1.29 is 46.1 Å². The summed E-state index contributed by atoms with van der Waals surface area (Å²) in [6.07, 6.45) is -0.313. The highest BCUT2D eigenvalue weighted by atomic mass is 31.2.